The van der Waals surface area contributed by atoms with E-state index in [2.05, 4.69) is 17.3 Å². The fourth-order valence-electron chi connectivity index (χ4n) is 1.53. The van der Waals surface area contributed by atoms with Crippen LogP contribution in [0.3, 0.4) is 0 Å². The van der Waals surface area contributed by atoms with Crippen LogP contribution in [0.2, 0.25) is 0 Å². The molecular formula is C11H20N4O. The first-order valence-corrected chi connectivity index (χ1v) is 5.51. The average Bonchev–Trinajstić information content (AvgIpc) is 2.56. The maximum Gasteiger partial charge on any atom is 0.239 e. The third-order valence-electron chi connectivity index (χ3n) is 2.93. The van der Waals surface area contributed by atoms with Crippen LogP contribution in [0.5, 0.6) is 0 Å². The Bertz CT molecular complexity index is 372. The van der Waals surface area contributed by atoms with Crippen LogP contribution >= 0.6 is 0 Å². The predicted octanol–water partition coefficient (Wildman–Crippen LogP) is 0.643. The molecule has 0 aliphatic rings. The molecular weight excluding hydrogens is 204 g/mol. The molecule has 1 aromatic heterocycles. The summed E-state index contributed by atoms with van der Waals surface area (Å²) in [6.45, 7) is 6.02. The standard InChI is InChI=1S/C11H20N4O/c1-5-7(2)14-10(11(12)16)9-6-13-15(4)8(9)3/h6-7,10,14H,5H2,1-4H3,(H2,12,16). The second kappa shape index (κ2) is 5.12. The van der Waals surface area contributed by atoms with Gasteiger partial charge in [0.1, 0.15) is 6.04 Å². The van der Waals surface area contributed by atoms with Gasteiger partial charge in [-0.05, 0) is 20.3 Å². The Morgan fingerprint density at radius 1 is 1.69 bits per heavy atom. The molecule has 0 aromatic carbocycles. The summed E-state index contributed by atoms with van der Waals surface area (Å²) in [5, 5.41) is 7.33. The van der Waals surface area contributed by atoms with Crippen molar-refractivity contribution in [1.82, 2.24) is 15.1 Å². The minimum absolute atomic E-state index is 0.247. The van der Waals surface area contributed by atoms with Gasteiger partial charge in [-0.15, -0.1) is 0 Å². The van der Waals surface area contributed by atoms with Gasteiger partial charge in [-0.2, -0.15) is 5.10 Å². The van der Waals surface area contributed by atoms with Gasteiger partial charge in [0.15, 0.2) is 0 Å². The van der Waals surface area contributed by atoms with Crippen LogP contribution in [-0.4, -0.2) is 21.7 Å². The number of hydrogen-bond acceptors (Lipinski definition) is 3. The monoisotopic (exact) mass is 224 g/mol. The minimum atomic E-state index is -0.455. The van der Waals surface area contributed by atoms with Crippen LogP contribution in [0.15, 0.2) is 6.20 Å². The number of nitrogens with one attached hydrogen (secondary N) is 1. The van der Waals surface area contributed by atoms with Gasteiger partial charge in [0.25, 0.3) is 0 Å². The van der Waals surface area contributed by atoms with Crippen LogP contribution in [0.25, 0.3) is 0 Å². The van der Waals surface area contributed by atoms with Gasteiger partial charge in [0, 0.05) is 24.3 Å². The van der Waals surface area contributed by atoms with Gasteiger partial charge >= 0.3 is 0 Å². The van der Waals surface area contributed by atoms with E-state index in [0.717, 1.165) is 17.7 Å². The second-order valence-electron chi connectivity index (χ2n) is 4.12. The lowest BCUT2D eigenvalue weighted by molar-refractivity contribution is -0.120. The quantitative estimate of drug-likeness (QED) is 0.771. The highest BCUT2D eigenvalue weighted by Gasteiger charge is 2.22. The maximum atomic E-state index is 11.4. The molecule has 3 N–H and O–H groups in total. The van der Waals surface area contributed by atoms with Crippen molar-refractivity contribution in [3.05, 3.63) is 17.5 Å². The molecule has 0 radical (unpaired) electrons. The number of nitrogens with two attached hydrogens (primary N) is 1. The average molecular weight is 224 g/mol. The highest BCUT2D eigenvalue weighted by molar-refractivity contribution is 5.81. The number of carbonyl (C=O) groups excluding carboxylic acids is 1. The molecule has 1 heterocycles. The SMILES string of the molecule is CCC(C)NC(C(N)=O)c1cnn(C)c1C. The molecule has 1 amide bonds. The van der Waals surface area contributed by atoms with Crippen molar-refractivity contribution < 1.29 is 4.79 Å². The lowest BCUT2D eigenvalue weighted by atomic mass is 10.1. The normalized spacial score (nSPS) is 14.8. The van der Waals surface area contributed by atoms with Crippen LogP contribution in [-0.2, 0) is 11.8 Å². The number of carbonyl (C=O) groups is 1. The van der Waals surface area contributed by atoms with Crippen molar-refractivity contribution in [2.24, 2.45) is 12.8 Å². The van der Waals surface area contributed by atoms with Gasteiger partial charge in [-0.1, -0.05) is 6.92 Å². The molecule has 5 heteroatoms. The summed E-state index contributed by atoms with van der Waals surface area (Å²) in [5.74, 6) is -0.364. The first kappa shape index (κ1) is 12.7. The molecule has 0 fully saturated rings. The molecule has 0 saturated heterocycles. The highest BCUT2D eigenvalue weighted by atomic mass is 16.1. The number of primary amides is 1. The Morgan fingerprint density at radius 3 is 2.69 bits per heavy atom. The molecule has 1 aromatic rings. The van der Waals surface area contributed by atoms with Crippen LogP contribution in [0.1, 0.15) is 37.6 Å². The van der Waals surface area contributed by atoms with E-state index in [-0.39, 0.29) is 11.9 Å². The lowest BCUT2D eigenvalue weighted by Gasteiger charge is -2.19. The Morgan fingerprint density at radius 2 is 2.31 bits per heavy atom. The number of rotatable bonds is 5. The Balaban J connectivity index is 2.94. The molecule has 16 heavy (non-hydrogen) atoms. The van der Waals surface area contributed by atoms with Crippen LogP contribution < -0.4 is 11.1 Å². The van der Waals surface area contributed by atoms with Crippen molar-refractivity contribution in [3.63, 3.8) is 0 Å². The van der Waals surface area contributed by atoms with E-state index in [1.807, 2.05) is 20.9 Å². The zero-order chi connectivity index (χ0) is 12.3. The Hall–Kier alpha value is -1.36. The molecule has 0 aliphatic heterocycles. The largest absolute Gasteiger partial charge is 0.368 e. The number of hydrogen-bond donors (Lipinski definition) is 2. The summed E-state index contributed by atoms with van der Waals surface area (Å²) in [6.07, 6.45) is 2.64. The molecule has 2 atom stereocenters. The number of nitrogens with zero attached hydrogens (tertiary/aromatic N) is 2. The third-order valence-corrected chi connectivity index (χ3v) is 2.93. The molecule has 2 unspecified atom stereocenters. The van der Waals surface area contributed by atoms with Crippen LogP contribution in [0, 0.1) is 6.92 Å². The van der Waals surface area contributed by atoms with Gasteiger partial charge < -0.3 is 5.73 Å². The molecule has 0 bridgehead atoms. The first-order chi connectivity index (χ1) is 7.47. The molecule has 90 valence electrons. The topological polar surface area (TPSA) is 72.9 Å². The van der Waals surface area contributed by atoms with E-state index in [4.69, 9.17) is 5.73 Å². The smallest absolute Gasteiger partial charge is 0.239 e. The van der Waals surface area contributed by atoms with E-state index in [0.29, 0.717) is 0 Å². The Labute approximate surface area is 96.0 Å². The van der Waals surface area contributed by atoms with E-state index in [1.165, 1.54) is 0 Å². The summed E-state index contributed by atoms with van der Waals surface area (Å²) in [5.41, 5.74) is 7.23. The van der Waals surface area contributed by atoms with E-state index >= 15 is 0 Å². The summed E-state index contributed by atoms with van der Waals surface area (Å²) < 4.78 is 1.74. The van der Waals surface area contributed by atoms with E-state index in [9.17, 15) is 4.79 Å². The van der Waals surface area contributed by atoms with Gasteiger partial charge in [0.05, 0.1) is 6.20 Å². The molecule has 1 rings (SSSR count). The summed E-state index contributed by atoms with van der Waals surface area (Å²) in [4.78, 5) is 11.4. The predicted molar refractivity (Wildman–Crippen MR) is 62.8 cm³/mol. The van der Waals surface area contributed by atoms with Gasteiger partial charge in [-0.3, -0.25) is 14.8 Å². The summed E-state index contributed by atoms with van der Waals surface area (Å²) in [7, 11) is 1.85. The maximum absolute atomic E-state index is 11.4. The second-order valence-corrected chi connectivity index (χ2v) is 4.12. The number of aryl methyl sites for hydroxylation is 1. The number of aromatic nitrogens is 2. The molecule has 0 aliphatic carbocycles. The molecule has 0 spiro atoms. The van der Waals surface area contributed by atoms with E-state index in [1.54, 1.807) is 10.9 Å². The molecule has 5 nitrogen and oxygen atoms in total. The highest BCUT2D eigenvalue weighted by Crippen LogP contribution is 2.17. The van der Waals surface area contributed by atoms with Crippen molar-refractivity contribution in [3.8, 4) is 0 Å². The minimum Gasteiger partial charge on any atom is -0.368 e. The van der Waals surface area contributed by atoms with Crippen molar-refractivity contribution >= 4 is 5.91 Å². The number of amides is 1. The van der Waals surface area contributed by atoms with Gasteiger partial charge in [-0.25, -0.2) is 0 Å². The Kier molecular flexibility index (Phi) is 4.06. The fourth-order valence-corrected chi connectivity index (χ4v) is 1.53. The van der Waals surface area contributed by atoms with Crippen molar-refractivity contribution in [2.75, 3.05) is 0 Å². The van der Waals surface area contributed by atoms with E-state index < -0.39 is 6.04 Å². The van der Waals surface area contributed by atoms with Crippen LogP contribution in [0.4, 0.5) is 0 Å². The first-order valence-electron chi connectivity index (χ1n) is 5.51. The fraction of sp³-hybridized carbons (Fsp3) is 0.636. The summed E-state index contributed by atoms with van der Waals surface area (Å²) in [6, 6.07) is -0.208. The van der Waals surface area contributed by atoms with Gasteiger partial charge in [0.2, 0.25) is 5.91 Å². The van der Waals surface area contributed by atoms with Crippen molar-refractivity contribution in [1.29, 1.82) is 0 Å². The zero-order valence-corrected chi connectivity index (χ0v) is 10.3. The summed E-state index contributed by atoms with van der Waals surface area (Å²) >= 11 is 0. The third kappa shape index (κ3) is 2.61. The lowest BCUT2D eigenvalue weighted by Crippen LogP contribution is -2.38. The zero-order valence-electron chi connectivity index (χ0n) is 10.3. The van der Waals surface area contributed by atoms with Crippen molar-refractivity contribution in [2.45, 2.75) is 39.3 Å². The molecule has 0 saturated carbocycles.